The zero-order valence-electron chi connectivity index (χ0n) is 23.9. The summed E-state index contributed by atoms with van der Waals surface area (Å²) in [5.74, 6) is -3.12. The van der Waals surface area contributed by atoms with Gasteiger partial charge in [-0.2, -0.15) is 13.2 Å². The summed E-state index contributed by atoms with van der Waals surface area (Å²) in [6.07, 6.45) is -2.69. The Kier molecular flexibility index (Phi) is 9.89. The van der Waals surface area contributed by atoms with Gasteiger partial charge in [0.05, 0.1) is 31.2 Å². The van der Waals surface area contributed by atoms with Gasteiger partial charge in [0.25, 0.3) is 0 Å². The number of halogens is 4. The molecule has 3 atom stereocenters. The third kappa shape index (κ3) is 7.66. The average Bonchev–Trinajstić information content (AvgIpc) is 3.42. The van der Waals surface area contributed by atoms with Gasteiger partial charge in [-0.25, -0.2) is 9.37 Å². The van der Waals surface area contributed by atoms with Crippen LogP contribution in [0.2, 0.25) is 0 Å². The number of rotatable bonds is 11. The second-order valence-corrected chi connectivity index (χ2v) is 11.1. The van der Waals surface area contributed by atoms with Gasteiger partial charge in [0.15, 0.2) is 0 Å². The fraction of sp³-hybridized carbons (Fsp3) is 0.438. The number of pyridine rings is 1. The lowest BCUT2D eigenvalue weighted by atomic mass is 9.92. The second-order valence-electron chi connectivity index (χ2n) is 11.1. The SMILES string of the molecule is COc1cc(-c2ccc(C(O)CCc3ccc(CC(C)C(=O)O)cc3C)cc2CN2CCC(C(F)(F)F)C2)c(F)cn1. The Morgan fingerprint density at radius 1 is 1.14 bits per heavy atom. The molecule has 2 aromatic carbocycles. The van der Waals surface area contributed by atoms with Crippen LogP contribution >= 0.6 is 0 Å². The molecule has 3 unspecified atom stereocenters. The molecule has 0 aliphatic carbocycles. The van der Waals surface area contributed by atoms with Gasteiger partial charge in [-0.05, 0) is 72.5 Å². The third-order valence-corrected chi connectivity index (χ3v) is 8.03. The Labute approximate surface area is 243 Å². The van der Waals surface area contributed by atoms with E-state index in [9.17, 15) is 32.6 Å². The van der Waals surface area contributed by atoms with E-state index in [2.05, 4.69) is 4.98 Å². The van der Waals surface area contributed by atoms with Crippen molar-refractivity contribution in [1.29, 1.82) is 0 Å². The molecule has 226 valence electrons. The van der Waals surface area contributed by atoms with Crippen LogP contribution in [0.25, 0.3) is 11.1 Å². The van der Waals surface area contributed by atoms with Gasteiger partial charge < -0.3 is 14.9 Å². The molecular weight excluding hydrogens is 552 g/mol. The standard InChI is InChI=1S/C32H36F4N2O4/c1-19-12-21(13-20(2)31(40)41)4-5-22(19)7-9-29(39)23-6-8-26(27-15-30(42-3)37-16-28(27)33)24(14-23)17-38-11-10-25(18-38)32(34,35)36/h4-6,8,12,14-16,20,25,29,39H,7,9-11,13,17-18H2,1-3H3,(H,40,41). The van der Waals surface area contributed by atoms with Crippen molar-refractivity contribution in [2.24, 2.45) is 11.8 Å². The molecule has 1 aliphatic heterocycles. The van der Waals surface area contributed by atoms with Crippen LogP contribution in [0.3, 0.4) is 0 Å². The molecule has 0 bridgehead atoms. The van der Waals surface area contributed by atoms with E-state index >= 15 is 0 Å². The largest absolute Gasteiger partial charge is 0.481 e. The first kappa shape index (κ1) is 31.4. The Hall–Kier alpha value is -3.50. The van der Waals surface area contributed by atoms with Gasteiger partial charge in [0, 0.05) is 24.7 Å². The van der Waals surface area contributed by atoms with Crippen LogP contribution in [-0.4, -0.2) is 52.4 Å². The maximum Gasteiger partial charge on any atom is 0.393 e. The van der Waals surface area contributed by atoms with Crippen molar-refractivity contribution in [1.82, 2.24) is 9.88 Å². The predicted molar refractivity (Wildman–Crippen MR) is 151 cm³/mol. The average molecular weight is 589 g/mol. The van der Waals surface area contributed by atoms with E-state index in [4.69, 9.17) is 4.74 Å². The van der Waals surface area contributed by atoms with Crippen molar-refractivity contribution >= 4 is 5.97 Å². The number of nitrogens with zero attached hydrogens (tertiary/aromatic N) is 2. The highest BCUT2D eigenvalue weighted by molar-refractivity contribution is 5.70. The number of hydrogen-bond donors (Lipinski definition) is 2. The minimum atomic E-state index is -4.27. The second kappa shape index (κ2) is 13.2. The topological polar surface area (TPSA) is 82.9 Å². The van der Waals surface area contributed by atoms with Gasteiger partial charge >= 0.3 is 12.1 Å². The highest BCUT2D eigenvalue weighted by Crippen LogP contribution is 2.36. The number of likely N-dealkylation sites (tertiary alicyclic amines) is 1. The van der Waals surface area contributed by atoms with Crippen LogP contribution in [0, 0.1) is 24.6 Å². The van der Waals surface area contributed by atoms with Gasteiger partial charge in [0.2, 0.25) is 5.88 Å². The fourth-order valence-electron chi connectivity index (χ4n) is 5.50. The first-order valence-corrected chi connectivity index (χ1v) is 14.0. The van der Waals surface area contributed by atoms with Crippen LogP contribution in [0.1, 0.15) is 53.7 Å². The maximum absolute atomic E-state index is 14.9. The van der Waals surface area contributed by atoms with E-state index in [-0.39, 0.29) is 37.5 Å². The van der Waals surface area contributed by atoms with Crippen molar-refractivity contribution in [2.45, 2.75) is 58.4 Å². The number of benzene rings is 2. The lowest BCUT2D eigenvalue weighted by Gasteiger charge is -2.22. The normalized spacial score (nSPS) is 17.3. The van der Waals surface area contributed by atoms with Crippen LogP contribution in [0.4, 0.5) is 17.6 Å². The summed E-state index contributed by atoms with van der Waals surface area (Å²) in [5.41, 5.74) is 4.88. The summed E-state index contributed by atoms with van der Waals surface area (Å²) in [6.45, 7) is 3.91. The van der Waals surface area contributed by atoms with Gasteiger partial charge in [-0.3, -0.25) is 9.69 Å². The molecule has 2 N–H and O–H groups in total. The molecule has 3 aromatic rings. The van der Waals surface area contributed by atoms with E-state index in [0.717, 1.165) is 22.9 Å². The molecular formula is C32H36F4N2O4. The molecule has 10 heteroatoms. The van der Waals surface area contributed by atoms with E-state index in [1.165, 1.54) is 13.2 Å². The van der Waals surface area contributed by atoms with Gasteiger partial charge in [0.1, 0.15) is 5.82 Å². The van der Waals surface area contributed by atoms with Crippen molar-refractivity contribution in [3.05, 3.63) is 82.3 Å². The number of hydrogen-bond acceptors (Lipinski definition) is 5. The third-order valence-electron chi connectivity index (χ3n) is 8.03. The first-order valence-electron chi connectivity index (χ1n) is 14.0. The van der Waals surface area contributed by atoms with Crippen molar-refractivity contribution in [2.75, 3.05) is 20.2 Å². The Morgan fingerprint density at radius 3 is 2.55 bits per heavy atom. The van der Waals surface area contributed by atoms with Gasteiger partial charge in [-0.1, -0.05) is 43.3 Å². The zero-order chi connectivity index (χ0) is 30.6. The lowest BCUT2D eigenvalue weighted by Crippen LogP contribution is -2.27. The van der Waals surface area contributed by atoms with Crippen molar-refractivity contribution in [3.8, 4) is 17.0 Å². The highest BCUT2D eigenvalue weighted by Gasteiger charge is 2.43. The molecule has 0 radical (unpaired) electrons. The summed E-state index contributed by atoms with van der Waals surface area (Å²) < 4.78 is 60.0. The Bertz CT molecular complexity index is 1410. The molecule has 42 heavy (non-hydrogen) atoms. The van der Waals surface area contributed by atoms with Crippen LogP contribution < -0.4 is 4.74 Å². The summed E-state index contributed by atoms with van der Waals surface area (Å²) in [7, 11) is 1.41. The molecule has 0 spiro atoms. The Morgan fingerprint density at radius 2 is 1.90 bits per heavy atom. The smallest absolute Gasteiger partial charge is 0.393 e. The van der Waals surface area contributed by atoms with Crippen molar-refractivity contribution in [3.63, 3.8) is 0 Å². The molecule has 4 rings (SSSR count). The number of carboxylic acids is 1. The van der Waals surface area contributed by atoms with E-state index in [1.54, 1.807) is 30.0 Å². The molecule has 1 fully saturated rings. The number of aryl methyl sites for hydroxylation is 2. The fourth-order valence-corrected chi connectivity index (χ4v) is 5.50. The zero-order valence-corrected chi connectivity index (χ0v) is 23.9. The number of aliphatic hydroxyl groups excluding tert-OH is 1. The van der Waals surface area contributed by atoms with Crippen LogP contribution in [-0.2, 0) is 24.2 Å². The first-order chi connectivity index (χ1) is 19.8. The molecule has 0 amide bonds. The van der Waals surface area contributed by atoms with E-state index in [0.29, 0.717) is 36.0 Å². The predicted octanol–water partition coefficient (Wildman–Crippen LogP) is 6.52. The molecule has 6 nitrogen and oxygen atoms in total. The van der Waals surface area contributed by atoms with Crippen LogP contribution in [0.15, 0.2) is 48.7 Å². The number of aromatic nitrogens is 1. The molecule has 1 aliphatic rings. The maximum atomic E-state index is 14.9. The summed E-state index contributed by atoms with van der Waals surface area (Å²) in [6, 6.07) is 12.4. The van der Waals surface area contributed by atoms with E-state index in [1.807, 2.05) is 25.1 Å². The quantitative estimate of drug-likeness (QED) is 0.248. The molecule has 2 heterocycles. The minimum Gasteiger partial charge on any atom is -0.481 e. The number of aliphatic carboxylic acids is 1. The molecule has 0 saturated carbocycles. The summed E-state index contributed by atoms with van der Waals surface area (Å²) in [5, 5.41) is 20.3. The number of alkyl halides is 3. The van der Waals surface area contributed by atoms with Crippen molar-refractivity contribution < 1.29 is 37.3 Å². The lowest BCUT2D eigenvalue weighted by molar-refractivity contribution is -0.170. The van der Waals surface area contributed by atoms with E-state index < -0.39 is 35.9 Å². The number of carboxylic acid groups (broad SMARTS) is 1. The minimum absolute atomic E-state index is 0.00590. The summed E-state index contributed by atoms with van der Waals surface area (Å²) in [4.78, 5) is 16.8. The summed E-state index contributed by atoms with van der Waals surface area (Å²) >= 11 is 0. The number of ether oxygens (including phenoxy) is 1. The molecule has 1 aromatic heterocycles. The highest BCUT2D eigenvalue weighted by atomic mass is 19.4. The number of methoxy groups -OCH3 is 1. The number of aliphatic hydroxyl groups is 1. The Balaban J connectivity index is 1.55. The molecule has 1 saturated heterocycles. The van der Waals surface area contributed by atoms with Gasteiger partial charge in [-0.15, -0.1) is 0 Å². The monoisotopic (exact) mass is 588 g/mol. The van der Waals surface area contributed by atoms with Crippen LogP contribution in [0.5, 0.6) is 5.88 Å². The number of carbonyl (C=O) groups is 1.